The summed E-state index contributed by atoms with van der Waals surface area (Å²) in [6.45, 7) is 9.00. The van der Waals surface area contributed by atoms with Crippen molar-refractivity contribution in [2.75, 3.05) is 0 Å². The Morgan fingerprint density at radius 2 is 0.314 bits per heavy atom. The second-order valence-corrected chi connectivity index (χ2v) is 24.9. The maximum Gasteiger partial charge on any atom is 0 e. The Hall–Kier alpha value is 3.18. The van der Waals surface area contributed by atoms with E-state index in [1.165, 1.54) is 0 Å². The Kier molecular flexibility index (Phi) is 21.6. The molecule has 0 bridgehead atoms. The third-order valence-corrected chi connectivity index (χ3v) is 0. The van der Waals surface area contributed by atoms with Crippen LogP contribution in [0.2, 0.25) is 0 Å². The first-order chi connectivity index (χ1) is 11.8. The molecule has 0 unspecified atom stereocenters. The first-order valence-electron chi connectivity index (χ1n) is 4.22. The van der Waals surface area contributed by atoms with E-state index in [0.717, 1.165) is 0 Å². The fourth-order valence-corrected chi connectivity index (χ4v) is 0. The van der Waals surface area contributed by atoms with Gasteiger partial charge in [-0.05, 0) is 0 Å². The van der Waals surface area contributed by atoms with Gasteiger partial charge in [-0.1, -0.05) is 0 Å². The van der Waals surface area contributed by atoms with Gasteiger partial charge in [-0.25, -0.2) is 0 Å². The van der Waals surface area contributed by atoms with Gasteiger partial charge in [-0.3, -0.25) is 0 Å². The molecule has 0 spiro atoms. The van der Waals surface area contributed by atoms with Gasteiger partial charge in [-0.2, -0.15) is 0 Å². The number of hydrogen-bond acceptors (Lipinski definition) is 4. The van der Waals surface area contributed by atoms with Crippen molar-refractivity contribution >= 4 is 74.8 Å². The fraction of sp³-hybridized carbons (Fsp3) is 0. The predicted molar refractivity (Wildman–Crippen MR) is 61.9 cm³/mol. The summed E-state index contributed by atoms with van der Waals surface area (Å²) in [5.74, 6) is 0. The average molecular weight is 1300 g/mol. The van der Waals surface area contributed by atoms with E-state index in [-0.39, 0.29) is 64.2 Å². The van der Waals surface area contributed by atoms with Crippen molar-refractivity contribution in [2.45, 2.75) is 0 Å². The monoisotopic (exact) mass is 1300 g/mol. The minimum absolute atomic E-state index is 0. The molecule has 4 N–H and O–H groups in total. The summed E-state index contributed by atoms with van der Waals surface area (Å²) >= 11 is -42.7. The maximum absolute atomic E-state index is 10.7. The van der Waals surface area contributed by atoms with Gasteiger partial charge in [0, 0.05) is 19.5 Å². The molecule has 0 radical (unpaired) electrons. The van der Waals surface area contributed by atoms with Crippen LogP contribution < -0.4 is 0 Å². The van der Waals surface area contributed by atoms with E-state index in [0.29, 0.717) is 0 Å². The minimum Gasteiger partial charge on any atom is 0 e. The number of halogens is 20. The van der Waals surface area contributed by atoms with Crippen molar-refractivity contribution in [1.29, 1.82) is 0 Å². The second-order valence-electron chi connectivity index (χ2n) is 3.71. The number of rotatable bonds is 0. The molecule has 0 aromatic carbocycles. The zero-order valence-corrected chi connectivity index (χ0v) is 29.4. The van der Waals surface area contributed by atoms with Gasteiger partial charge in [-0.15, -0.1) is 0 Å². The summed E-state index contributed by atoms with van der Waals surface area (Å²) in [5, 5.41) is 0. The van der Waals surface area contributed by atoms with Crippen LogP contribution >= 0.6 is 0 Å². The van der Waals surface area contributed by atoms with Gasteiger partial charge < -0.3 is 0 Å². The third kappa shape index (κ3) is 4540. The average Bonchev–Trinajstić information content (AvgIpc) is 2.01. The molecular formula is C2H4Ag2F20O6Te4Zn+2. The number of hydrogen-bond donors (Lipinski definition) is 4. The SMILES string of the molecule is O[Te](F)(F)(F)(F)F.O[Te](F)(F)(F)(F)F.O[Te](F)(F)(F)(F)F.O[Te](F)(F)(F)(F)F.[Ag+].[Ag+].[C-]#[O+].[C-]#[O+].[Zn]. The molecule has 0 rings (SSSR count). The van der Waals surface area contributed by atoms with Crippen molar-refractivity contribution in [2.24, 2.45) is 0 Å². The Bertz CT molecular complexity index is 494. The second kappa shape index (κ2) is 12.2. The molecule has 0 heterocycles. The molecule has 0 amide bonds. The molecule has 0 aliphatic heterocycles. The molecule has 35 heavy (non-hydrogen) atoms. The zero-order chi connectivity index (χ0) is 29.6. The summed E-state index contributed by atoms with van der Waals surface area (Å²) < 4.78 is 243. The van der Waals surface area contributed by atoms with Crippen molar-refractivity contribution in [3.63, 3.8) is 0 Å². The van der Waals surface area contributed by atoms with Crippen molar-refractivity contribution in [3.05, 3.63) is 13.3 Å². The van der Waals surface area contributed by atoms with Gasteiger partial charge in [0.05, 0.1) is 0 Å². The summed E-state index contributed by atoms with van der Waals surface area (Å²) in [5.41, 5.74) is 0. The van der Waals surface area contributed by atoms with Crippen LogP contribution in [-0.2, 0) is 73.5 Å². The van der Waals surface area contributed by atoms with Gasteiger partial charge in [0.25, 0.3) is 0 Å². The van der Waals surface area contributed by atoms with Crippen LogP contribution in [0.1, 0.15) is 0 Å². The van der Waals surface area contributed by atoms with E-state index in [4.69, 9.17) is 23.2 Å². The third-order valence-electron chi connectivity index (χ3n) is 0. The summed E-state index contributed by atoms with van der Waals surface area (Å²) in [6, 6.07) is 0. The van der Waals surface area contributed by atoms with Crippen LogP contribution in [0.4, 0.5) is 57.8 Å². The molecule has 33 heteroatoms. The Labute approximate surface area is 230 Å². The van der Waals surface area contributed by atoms with Gasteiger partial charge >= 0.3 is 214 Å². The molecule has 234 valence electrons. The molecule has 0 aromatic rings. The molecule has 0 aliphatic carbocycles. The molecular weight excluding hydrogens is 1290 g/mol. The standard InChI is InChI=1S/2CO.2Ag.4F5HOTe.Zn/c2*1-2;;;4*1-7(2,3,4,5)6;/h;;;;4*6H;/q;;2*+1;;;;;. The molecule has 0 atom stereocenters. The van der Waals surface area contributed by atoms with E-state index >= 15 is 0 Å². The summed E-state index contributed by atoms with van der Waals surface area (Å²) in [4.78, 5) is 0. The molecule has 0 fully saturated rings. The molecule has 0 saturated carbocycles. The molecule has 0 aromatic heterocycles. The molecule has 0 aliphatic rings. The quantitative estimate of drug-likeness (QED) is 0.123. The Balaban J connectivity index is -0.0000000341. The molecule has 6 nitrogen and oxygen atoms in total. The van der Waals surface area contributed by atoms with E-state index in [2.05, 4.69) is 13.3 Å². The predicted octanol–water partition coefficient (Wildman–Crippen LogP) is 4.57. The summed E-state index contributed by atoms with van der Waals surface area (Å²) in [7, 11) is 0. The first-order valence-corrected chi connectivity index (χ1v) is 26.0. The van der Waals surface area contributed by atoms with E-state index in [1.54, 1.807) is 0 Å². The largest absolute Gasteiger partial charge is 0 e. The van der Waals surface area contributed by atoms with Crippen LogP contribution in [0.15, 0.2) is 0 Å². The Morgan fingerprint density at radius 3 is 0.314 bits per heavy atom. The van der Waals surface area contributed by atoms with Crippen molar-refractivity contribution < 1.29 is 145 Å². The van der Waals surface area contributed by atoms with Gasteiger partial charge in [0.1, 0.15) is 0 Å². The zero-order valence-electron chi connectivity index (χ0n) is 14.1. The van der Waals surface area contributed by atoms with E-state index < -0.39 is 74.8 Å². The minimum atomic E-state index is -10.7. The van der Waals surface area contributed by atoms with Crippen LogP contribution in [-0.4, -0.2) is 88.6 Å². The normalized spacial score (nSPS) is 18.6. The summed E-state index contributed by atoms with van der Waals surface area (Å²) in [6.07, 6.45) is 0. The Morgan fingerprint density at radius 1 is 0.314 bits per heavy atom. The first kappa shape index (κ1) is 62.0. The van der Waals surface area contributed by atoms with Crippen LogP contribution in [0.3, 0.4) is 0 Å². The van der Waals surface area contributed by atoms with Gasteiger partial charge in [0.2, 0.25) is 0 Å². The van der Waals surface area contributed by atoms with Crippen molar-refractivity contribution in [3.8, 4) is 0 Å². The van der Waals surface area contributed by atoms with E-state index in [1.807, 2.05) is 0 Å². The van der Waals surface area contributed by atoms with Crippen LogP contribution in [0, 0.1) is 13.3 Å². The maximum atomic E-state index is 10.1. The van der Waals surface area contributed by atoms with Crippen LogP contribution in [0.5, 0.6) is 0 Å². The smallest absolute Gasteiger partial charge is 0 e. The van der Waals surface area contributed by atoms with Gasteiger partial charge in [0.15, 0.2) is 0 Å². The topological polar surface area (TPSA) is 121 Å². The van der Waals surface area contributed by atoms with E-state index in [9.17, 15) is 57.8 Å². The fourth-order valence-electron chi connectivity index (χ4n) is 0. The van der Waals surface area contributed by atoms with Crippen molar-refractivity contribution in [1.82, 2.24) is 0 Å². The van der Waals surface area contributed by atoms with Crippen LogP contribution in [0.25, 0.3) is 0 Å². The molecule has 0 saturated heterocycles.